The van der Waals surface area contributed by atoms with Crippen molar-refractivity contribution in [2.75, 3.05) is 0 Å². The highest BCUT2D eigenvalue weighted by Crippen LogP contribution is 2.28. The first kappa shape index (κ1) is 14.1. The van der Waals surface area contributed by atoms with E-state index in [0.717, 1.165) is 24.6 Å². The Morgan fingerprint density at radius 1 is 1.44 bits per heavy atom. The van der Waals surface area contributed by atoms with Crippen LogP contribution in [0.15, 0.2) is 4.47 Å². The average molecular weight is 314 g/mol. The lowest BCUT2D eigenvalue weighted by molar-refractivity contribution is 0.376. The zero-order valence-electron chi connectivity index (χ0n) is 11.7. The Morgan fingerprint density at radius 3 is 2.67 bits per heavy atom. The van der Waals surface area contributed by atoms with Crippen LogP contribution in [0.5, 0.6) is 0 Å². The van der Waals surface area contributed by atoms with Crippen LogP contribution in [0.4, 0.5) is 0 Å². The van der Waals surface area contributed by atoms with Crippen LogP contribution in [0.2, 0.25) is 0 Å². The van der Waals surface area contributed by atoms with Gasteiger partial charge in [-0.3, -0.25) is 4.68 Å². The molecule has 1 aromatic heterocycles. The van der Waals surface area contributed by atoms with E-state index in [1.165, 1.54) is 35.8 Å². The summed E-state index contributed by atoms with van der Waals surface area (Å²) in [7, 11) is 2.03. The van der Waals surface area contributed by atoms with Crippen molar-refractivity contribution in [3.8, 4) is 0 Å². The van der Waals surface area contributed by atoms with Gasteiger partial charge in [-0.1, -0.05) is 19.8 Å². The minimum absolute atomic E-state index is 0.611. The standard InChI is InChI=1S/C14H24BrN3/c1-4-12-14(15)13(18(3)17-12)9-16-10(2)11-7-5-6-8-11/h10-11,16H,4-9H2,1-3H3. The van der Waals surface area contributed by atoms with Gasteiger partial charge in [0.15, 0.2) is 0 Å². The minimum Gasteiger partial charge on any atom is -0.308 e. The minimum atomic E-state index is 0.611. The molecule has 4 heteroatoms. The lowest BCUT2D eigenvalue weighted by Crippen LogP contribution is -2.32. The number of aryl methyl sites for hydroxylation is 2. The van der Waals surface area contributed by atoms with Crippen molar-refractivity contribution in [3.05, 3.63) is 15.9 Å². The Hall–Kier alpha value is -0.350. The SMILES string of the molecule is CCc1nn(C)c(CNC(C)C2CCCC2)c1Br. The topological polar surface area (TPSA) is 29.9 Å². The summed E-state index contributed by atoms with van der Waals surface area (Å²) >= 11 is 3.67. The number of aromatic nitrogens is 2. The van der Waals surface area contributed by atoms with Crippen LogP contribution >= 0.6 is 15.9 Å². The fourth-order valence-electron chi connectivity index (χ4n) is 2.89. The van der Waals surface area contributed by atoms with Crippen molar-refractivity contribution in [3.63, 3.8) is 0 Å². The first-order valence-corrected chi connectivity index (χ1v) is 7.86. The molecule has 1 atom stereocenters. The van der Waals surface area contributed by atoms with Crippen LogP contribution in [0.25, 0.3) is 0 Å². The molecule has 0 saturated heterocycles. The zero-order valence-corrected chi connectivity index (χ0v) is 13.3. The molecule has 0 bridgehead atoms. The molecule has 3 nitrogen and oxygen atoms in total. The summed E-state index contributed by atoms with van der Waals surface area (Å²) in [5.74, 6) is 0.864. The average Bonchev–Trinajstić information content (AvgIpc) is 2.96. The van der Waals surface area contributed by atoms with E-state index < -0.39 is 0 Å². The molecule has 0 aliphatic heterocycles. The first-order chi connectivity index (χ1) is 8.63. The molecule has 1 saturated carbocycles. The molecular weight excluding hydrogens is 290 g/mol. The smallest absolute Gasteiger partial charge is 0.0767 e. The molecule has 1 aromatic rings. The molecule has 1 unspecified atom stereocenters. The summed E-state index contributed by atoms with van der Waals surface area (Å²) < 4.78 is 3.18. The highest BCUT2D eigenvalue weighted by atomic mass is 79.9. The Labute approximate surface area is 118 Å². The second kappa shape index (κ2) is 6.20. The fraction of sp³-hybridized carbons (Fsp3) is 0.786. The highest BCUT2D eigenvalue weighted by molar-refractivity contribution is 9.10. The summed E-state index contributed by atoms with van der Waals surface area (Å²) in [6, 6.07) is 0.611. The van der Waals surface area contributed by atoms with Crippen LogP contribution in [-0.4, -0.2) is 15.8 Å². The summed E-state index contributed by atoms with van der Waals surface area (Å²) in [5, 5.41) is 8.20. The monoisotopic (exact) mass is 313 g/mol. The van der Waals surface area contributed by atoms with Gasteiger partial charge in [-0.05, 0) is 48.0 Å². The predicted octanol–water partition coefficient (Wildman–Crippen LogP) is 3.41. The maximum absolute atomic E-state index is 4.53. The molecule has 0 spiro atoms. The van der Waals surface area contributed by atoms with Gasteiger partial charge in [0.2, 0.25) is 0 Å². The van der Waals surface area contributed by atoms with Gasteiger partial charge in [-0.25, -0.2) is 0 Å². The van der Waals surface area contributed by atoms with Gasteiger partial charge < -0.3 is 5.32 Å². The number of halogens is 1. The van der Waals surface area contributed by atoms with Crippen molar-refractivity contribution in [2.45, 2.75) is 58.5 Å². The van der Waals surface area contributed by atoms with E-state index in [2.05, 4.69) is 40.2 Å². The predicted molar refractivity (Wildman–Crippen MR) is 78.5 cm³/mol. The molecule has 1 aliphatic carbocycles. The molecule has 1 N–H and O–H groups in total. The highest BCUT2D eigenvalue weighted by Gasteiger charge is 2.22. The molecule has 18 heavy (non-hydrogen) atoms. The molecule has 0 amide bonds. The van der Waals surface area contributed by atoms with Gasteiger partial charge >= 0.3 is 0 Å². The Morgan fingerprint density at radius 2 is 2.11 bits per heavy atom. The second-order valence-electron chi connectivity index (χ2n) is 5.40. The third-order valence-corrected chi connectivity index (χ3v) is 5.12. The maximum Gasteiger partial charge on any atom is 0.0767 e. The van der Waals surface area contributed by atoms with Crippen LogP contribution in [0, 0.1) is 5.92 Å². The summed E-state index contributed by atoms with van der Waals surface area (Å²) in [5.41, 5.74) is 2.42. The van der Waals surface area contributed by atoms with Crippen molar-refractivity contribution >= 4 is 15.9 Å². The van der Waals surface area contributed by atoms with Crippen molar-refractivity contribution in [2.24, 2.45) is 13.0 Å². The summed E-state index contributed by atoms with van der Waals surface area (Å²) in [6.45, 7) is 5.37. The lowest BCUT2D eigenvalue weighted by atomic mass is 10.00. The molecule has 0 aromatic carbocycles. The number of hydrogen-bond acceptors (Lipinski definition) is 2. The Kier molecular flexibility index (Phi) is 4.84. The number of hydrogen-bond donors (Lipinski definition) is 1. The third-order valence-electron chi connectivity index (χ3n) is 4.20. The molecule has 102 valence electrons. The van der Waals surface area contributed by atoms with Gasteiger partial charge in [0.05, 0.1) is 15.9 Å². The van der Waals surface area contributed by atoms with E-state index >= 15 is 0 Å². The van der Waals surface area contributed by atoms with Crippen LogP contribution in [0.3, 0.4) is 0 Å². The van der Waals surface area contributed by atoms with Crippen molar-refractivity contribution in [1.82, 2.24) is 15.1 Å². The van der Waals surface area contributed by atoms with Gasteiger partial charge in [0.1, 0.15) is 0 Å². The Balaban J connectivity index is 1.95. The molecule has 1 heterocycles. The number of nitrogens with one attached hydrogen (secondary N) is 1. The quantitative estimate of drug-likeness (QED) is 0.902. The molecular formula is C14H24BrN3. The number of rotatable bonds is 5. The van der Waals surface area contributed by atoms with Crippen molar-refractivity contribution in [1.29, 1.82) is 0 Å². The maximum atomic E-state index is 4.53. The number of nitrogens with zero attached hydrogens (tertiary/aromatic N) is 2. The van der Waals surface area contributed by atoms with Gasteiger partial charge in [-0.15, -0.1) is 0 Å². The largest absolute Gasteiger partial charge is 0.308 e. The van der Waals surface area contributed by atoms with E-state index in [9.17, 15) is 0 Å². The molecule has 2 rings (SSSR count). The van der Waals surface area contributed by atoms with Crippen LogP contribution < -0.4 is 5.32 Å². The van der Waals surface area contributed by atoms with E-state index in [0.29, 0.717) is 6.04 Å². The Bertz CT molecular complexity index is 394. The molecule has 1 aliphatic rings. The van der Waals surface area contributed by atoms with Crippen LogP contribution in [0.1, 0.15) is 50.9 Å². The van der Waals surface area contributed by atoms with Gasteiger partial charge in [-0.2, -0.15) is 5.10 Å². The fourth-order valence-corrected chi connectivity index (χ4v) is 3.65. The van der Waals surface area contributed by atoms with Gasteiger partial charge in [0.25, 0.3) is 0 Å². The second-order valence-corrected chi connectivity index (χ2v) is 6.19. The lowest BCUT2D eigenvalue weighted by Gasteiger charge is -2.20. The molecule has 1 fully saturated rings. The third kappa shape index (κ3) is 2.97. The molecule has 0 radical (unpaired) electrons. The summed E-state index contributed by atoms with van der Waals surface area (Å²) in [4.78, 5) is 0. The first-order valence-electron chi connectivity index (χ1n) is 7.07. The van der Waals surface area contributed by atoms with E-state index in [1.54, 1.807) is 0 Å². The van der Waals surface area contributed by atoms with Crippen molar-refractivity contribution < 1.29 is 0 Å². The summed E-state index contributed by atoms with van der Waals surface area (Å²) in [6.07, 6.45) is 6.58. The van der Waals surface area contributed by atoms with E-state index in [4.69, 9.17) is 0 Å². The van der Waals surface area contributed by atoms with Gasteiger partial charge in [0, 0.05) is 19.6 Å². The van der Waals surface area contributed by atoms with Crippen LogP contribution in [-0.2, 0) is 20.0 Å². The zero-order chi connectivity index (χ0) is 13.1. The normalized spacial score (nSPS) is 18.4. The van der Waals surface area contributed by atoms with E-state index in [1.807, 2.05) is 11.7 Å². The van der Waals surface area contributed by atoms with E-state index in [-0.39, 0.29) is 0 Å².